The highest BCUT2D eigenvalue weighted by Crippen LogP contribution is 2.28. The van der Waals surface area contributed by atoms with Crippen molar-refractivity contribution in [2.24, 2.45) is 0 Å². The lowest BCUT2D eigenvalue weighted by molar-refractivity contribution is 0.262. The smallest absolute Gasteiger partial charge is 0.323 e. The molecule has 0 saturated carbocycles. The van der Waals surface area contributed by atoms with Gasteiger partial charge < -0.3 is 16.4 Å². The number of carbonyl (C=O) groups is 1. The molecule has 0 radical (unpaired) electrons. The number of urea groups is 1. The molecule has 1 aliphatic rings. The molecule has 4 N–H and O–H groups in total. The highest BCUT2D eigenvalue weighted by Gasteiger charge is 2.14. The number of rotatable bonds is 2. The standard InChI is InChI=1S/C17H19N3O/c18-13-7-4-8-14(11-13)19-17(21)20-16-10-3-6-12-5-1-2-9-15(12)16/h3-4,6-8,10-11H,1-2,5,9,18H2,(H2,19,20,21). The topological polar surface area (TPSA) is 67.1 Å². The lowest BCUT2D eigenvalue weighted by Crippen LogP contribution is -2.21. The maximum atomic E-state index is 12.1. The molecule has 0 aromatic heterocycles. The number of hydrogen-bond donors (Lipinski definition) is 3. The largest absolute Gasteiger partial charge is 0.399 e. The quantitative estimate of drug-likeness (QED) is 0.733. The van der Waals surface area contributed by atoms with E-state index in [9.17, 15) is 4.79 Å². The van der Waals surface area contributed by atoms with Gasteiger partial charge >= 0.3 is 6.03 Å². The maximum Gasteiger partial charge on any atom is 0.323 e. The van der Waals surface area contributed by atoms with Gasteiger partial charge in [-0.2, -0.15) is 0 Å². The van der Waals surface area contributed by atoms with Crippen molar-refractivity contribution in [2.75, 3.05) is 16.4 Å². The molecule has 1 aliphatic carbocycles. The fraction of sp³-hybridized carbons (Fsp3) is 0.235. The Morgan fingerprint density at radius 1 is 1.00 bits per heavy atom. The highest BCUT2D eigenvalue weighted by molar-refractivity contribution is 6.00. The van der Waals surface area contributed by atoms with Gasteiger partial charge in [0.05, 0.1) is 0 Å². The van der Waals surface area contributed by atoms with Crippen molar-refractivity contribution in [3.63, 3.8) is 0 Å². The van der Waals surface area contributed by atoms with E-state index in [-0.39, 0.29) is 6.03 Å². The van der Waals surface area contributed by atoms with Crippen LogP contribution in [-0.2, 0) is 12.8 Å². The first-order valence-corrected chi connectivity index (χ1v) is 7.27. The molecule has 4 heteroatoms. The second-order valence-corrected chi connectivity index (χ2v) is 5.35. The van der Waals surface area contributed by atoms with Crippen molar-refractivity contribution >= 4 is 23.1 Å². The fourth-order valence-corrected chi connectivity index (χ4v) is 2.80. The molecule has 3 rings (SSSR count). The van der Waals surface area contributed by atoms with Crippen molar-refractivity contribution < 1.29 is 4.79 Å². The van der Waals surface area contributed by atoms with Crippen molar-refractivity contribution in [3.05, 3.63) is 53.6 Å². The predicted octanol–water partition coefficient (Wildman–Crippen LogP) is 3.79. The van der Waals surface area contributed by atoms with E-state index in [0.29, 0.717) is 11.4 Å². The number of anilines is 3. The Bertz CT molecular complexity index is 667. The molecule has 2 aromatic rings. The minimum absolute atomic E-state index is 0.237. The van der Waals surface area contributed by atoms with Gasteiger partial charge in [-0.05, 0) is 61.1 Å². The summed E-state index contributed by atoms with van der Waals surface area (Å²) in [5.41, 5.74) is 10.6. The van der Waals surface area contributed by atoms with Crippen LogP contribution in [0.1, 0.15) is 24.0 Å². The fourth-order valence-electron chi connectivity index (χ4n) is 2.80. The number of hydrogen-bond acceptors (Lipinski definition) is 2. The lowest BCUT2D eigenvalue weighted by atomic mass is 9.90. The SMILES string of the molecule is Nc1cccc(NC(=O)Nc2cccc3c2CCCC3)c1. The van der Waals surface area contributed by atoms with Crippen LogP contribution in [0.3, 0.4) is 0 Å². The molecule has 2 amide bonds. The summed E-state index contributed by atoms with van der Waals surface area (Å²) in [7, 11) is 0. The summed E-state index contributed by atoms with van der Waals surface area (Å²) in [5.74, 6) is 0. The summed E-state index contributed by atoms with van der Waals surface area (Å²) < 4.78 is 0. The number of nitrogen functional groups attached to an aromatic ring is 1. The third-order valence-corrected chi connectivity index (χ3v) is 3.79. The number of nitrogens with one attached hydrogen (secondary N) is 2. The Hall–Kier alpha value is -2.49. The molecular weight excluding hydrogens is 262 g/mol. The van der Waals surface area contributed by atoms with Gasteiger partial charge in [0.15, 0.2) is 0 Å². The van der Waals surface area contributed by atoms with E-state index in [2.05, 4.69) is 16.7 Å². The molecule has 2 aromatic carbocycles. The molecule has 4 nitrogen and oxygen atoms in total. The van der Waals surface area contributed by atoms with E-state index in [0.717, 1.165) is 18.5 Å². The van der Waals surface area contributed by atoms with E-state index in [1.54, 1.807) is 12.1 Å². The van der Waals surface area contributed by atoms with E-state index in [1.807, 2.05) is 24.3 Å². The van der Waals surface area contributed by atoms with Crippen molar-refractivity contribution in [1.82, 2.24) is 0 Å². The number of amides is 2. The number of aryl methyl sites for hydroxylation is 1. The minimum Gasteiger partial charge on any atom is -0.399 e. The maximum absolute atomic E-state index is 12.1. The Labute approximate surface area is 124 Å². The number of carbonyl (C=O) groups excluding carboxylic acids is 1. The summed E-state index contributed by atoms with van der Waals surface area (Å²) in [4.78, 5) is 12.1. The van der Waals surface area contributed by atoms with E-state index >= 15 is 0 Å². The highest BCUT2D eigenvalue weighted by atomic mass is 16.2. The van der Waals surface area contributed by atoms with Crippen LogP contribution in [-0.4, -0.2) is 6.03 Å². The van der Waals surface area contributed by atoms with Crippen molar-refractivity contribution in [1.29, 1.82) is 0 Å². The Kier molecular flexibility index (Phi) is 3.77. The molecule has 0 atom stereocenters. The Morgan fingerprint density at radius 2 is 1.81 bits per heavy atom. The summed E-state index contributed by atoms with van der Waals surface area (Å²) in [6.45, 7) is 0. The van der Waals surface area contributed by atoms with Crippen LogP contribution < -0.4 is 16.4 Å². The summed E-state index contributed by atoms with van der Waals surface area (Å²) in [6, 6.07) is 13.0. The zero-order valence-corrected chi connectivity index (χ0v) is 11.9. The zero-order chi connectivity index (χ0) is 14.7. The molecule has 0 aliphatic heterocycles. The molecule has 0 heterocycles. The van der Waals surface area contributed by atoms with E-state index < -0.39 is 0 Å². The second kappa shape index (κ2) is 5.87. The Balaban J connectivity index is 1.73. The average Bonchev–Trinajstić information content (AvgIpc) is 2.47. The van der Waals surface area contributed by atoms with E-state index in [4.69, 9.17) is 5.73 Å². The summed E-state index contributed by atoms with van der Waals surface area (Å²) in [6.07, 6.45) is 4.54. The molecule has 0 fully saturated rings. The minimum atomic E-state index is -0.237. The van der Waals surface area contributed by atoms with Gasteiger partial charge in [0.1, 0.15) is 0 Å². The van der Waals surface area contributed by atoms with Gasteiger partial charge in [0, 0.05) is 17.1 Å². The molecule has 0 spiro atoms. The monoisotopic (exact) mass is 281 g/mol. The van der Waals surface area contributed by atoms with Gasteiger partial charge in [-0.3, -0.25) is 0 Å². The zero-order valence-electron chi connectivity index (χ0n) is 11.9. The van der Waals surface area contributed by atoms with Crippen LogP contribution in [0.4, 0.5) is 21.9 Å². The molecule has 21 heavy (non-hydrogen) atoms. The number of nitrogens with two attached hydrogens (primary N) is 1. The third kappa shape index (κ3) is 3.16. The second-order valence-electron chi connectivity index (χ2n) is 5.35. The van der Waals surface area contributed by atoms with Crippen LogP contribution in [0.2, 0.25) is 0 Å². The average molecular weight is 281 g/mol. The molecule has 0 saturated heterocycles. The van der Waals surface area contributed by atoms with Gasteiger partial charge in [-0.1, -0.05) is 18.2 Å². The summed E-state index contributed by atoms with van der Waals surface area (Å²) >= 11 is 0. The number of fused-ring (bicyclic) bond motifs is 1. The van der Waals surface area contributed by atoms with Crippen LogP contribution in [0, 0.1) is 0 Å². The predicted molar refractivity (Wildman–Crippen MR) is 86.6 cm³/mol. The van der Waals surface area contributed by atoms with Crippen LogP contribution in [0.15, 0.2) is 42.5 Å². The third-order valence-electron chi connectivity index (χ3n) is 3.79. The van der Waals surface area contributed by atoms with Crippen molar-refractivity contribution in [2.45, 2.75) is 25.7 Å². The summed E-state index contributed by atoms with van der Waals surface area (Å²) in [5, 5.41) is 5.76. The van der Waals surface area contributed by atoms with Gasteiger partial charge in [0.2, 0.25) is 0 Å². The Morgan fingerprint density at radius 3 is 2.67 bits per heavy atom. The lowest BCUT2D eigenvalue weighted by Gasteiger charge is -2.19. The molecular formula is C17H19N3O. The van der Waals surface area contributed by atoms with Gasteiger partial charge in [-0.25, -0.2) is 4.79 Å². The van der Waals surface area contributed by atoms with Gasteiger partial charge in [0.25, 0.3) is 0 Å². The van der Waals surface area contributed by atoms with Crippen LogP contribution >= 0.6 is 0 Å². The first-order valence-electron chi connectivity index (χ1n) is 7.27. The first-order chi connectivity index (χ1) is 10.2. The van der Waals surface area contributed by atoms with Crippen LogP contribution in [0.25, 0.3) is 0 Å². The first kappa shape index (κ1) is 13.5. The van der Waals surface area contributed by atoms with Gasteiger partial charge in [-0.15, -0.1) is 0 Å². The van der Waals surface area contributed by atoms with Crippen molar-refractivity contribution in [3.8, 4) is 0 Å². The van der Waals surface area contributed by atoms with Crippen LogP contribution in [0.5, 0.6) is 0 Å². The molecule has 0 unspecified atom stereocenters. The molecule has 108 valence electrons. The van der Waals surface area contributed by atoms with E-state index in [1.165, 1.54) is 24.0 Å². The normalized spacial score (nSPS) is 13.3. The number of benzene rings is 2. The molecule has 0 bridgehead atoms.